The third-order valence-corrected chi connectivity index (χ3v) is 2.20. The Bertz CT molecular complexity index is 429. The molecule has 0 bridgehead atoms. The number of aromatic amines is 1. The fourth-order valence-electron chi connectivity index (χ4n) is 1.47. The number of rotatable bonds is 1. The summed E-state index contributed by atoms with van der Waals surface area (Å²) in [4.78, 5) is 7.48. The monoisotopic (exact) mass is 175 g/mol. The van der Waals surface area contributed by atoms with Gasteiger partial charge in [0, 0.05) is 6.20 Å². The number of hydrogen-bond acceptors (Lipinski definition) is 2. The topological polar surface area (TPSA) is 54.7 Å². The van der Waals surface area contributed by atoms with Crippen molar-refractivity contribution in [2.45, 2.75) is 19.8 Å². The highest BCUT2D eigenvalue weighted by molar-refractivity contribution is 5.80. The maximum Gasteiger partial charge on any atom is 0.124 e. The molecule has 3 N–H and O–H groups in total. The van der Waals surface area contributed by atoms with Crippen molar-refractivity contribution in [3.05, 3.63) is 23.9 Å². The minimum Gasteiger partial charge on any atom is -0.384 e. The number of H-pyrrole nitrogens is 1. The highest BCUT2D eigenvalue weighted by Gasteiger charge is 2.07. The fraction of sp³-hybridized carbons (Fsp3) is 0.300. The number of aromatic nitrogens is 2. The van der Waals surface area contributed by atoms with Gasteiger partial charge in [-0.3, -0.25) is 0 Å². The van der Waals surface area contributed by atoms with E-state index < -0.39 is 0 Å². The first-order chi connectivity index (χ1) is 6.18. The van der Waals surface area contributed by atoms with E-state index in [9.17, 15) is 0 Å². The quantitative estimate of drug-likeness (QED) is 0.698. The molecule has 2 heterocycles. The van der Waals surface area contributed by atoms with E-state index in [0.717, 1.165) is 11.0 Å². The Morgan fingerprint density at radius 2 is 2.15 bits per heavy atom. The molecule has 13 heavy (non-hydrogen) atoms. The Morgan fingerprint density at radius 3 is 2.85 bits per heavy atom. The predicted molar refractivity (Wildman–Crippen MR) is 54.6 cm³/mol. The summed E-state index contributed by atoms with van der Waals surface area (Å²) in [5.74, 6) is 1.05. The molecule has 0 saturated heterocycles. The van der Waals surface area contributed by atoms with Crippen LogP contribution in [-0.2, 0) is 0 Å². The van der Waals surface area contributed by atoms with E-state index in [4.69, 9.17) is 5.73 Å². The largest absolute Gasteiger partial charge is 0.384 e. The van der Waals surface area contributed by atoms with Crippen LogP contribution in [0.3, 0.4) is 0 Å². The van der Waals surface area contributed by atoms with Crippen LogP contribution in [0.15, 0.2) is 18.3 Å². The molecule has 0 amide bonds. The lowest BCUT2D eigenvalue weighted by molar-refractivity contribution is 0.873. The van der Waals surface area contributed by atoms with E-state index in [-0.39, 0.29) is 0 Å². The van der Waals surface area contributed by atoms with Gasteiger partial charge in [0.05, 0.1) is 11.0 Å². The summed E-state index contributed by atoms with van der Waals surface area (Å²) in [6.07, 6.45) is 2.00. The predicted octanol–water partition coefficient (Wildman–Crippen LogP) is 2.27. The molecule has 0 atom stereocenters. The Balaban J connectivity index is 2.71. The van der Waals surface area contributed by atoms with Crippen molar-refractivity contribution in [1.29, 1.82) is 0 Å². The smallest absolute Gasteiger partial charge is 0.124 e. The molecule has 0 fully saturated rings. The normalized spacial score (nSPS) is 11.3. The molecule has 2 rings (SSSR count). The molecule has 0 spiro atoms. The van der Waals surface area contributed by atoms with Crippen molar-refractivity contribution >= 4 is 16.9 Å². The molecule has 0 unspecified atom stereocenters. The summed E-state index contributed by atoms with van der Waals surface area (Å²) in [7, 11) is 0. The maximum atomic E-state index is 5.63. The van der Waals surface area contributed by atoms with E-state index in [1.54, 1.807) is 0 Å². The molecule has 68 valence electrons. The zero-order chi connectivity index (χ0) is 9.42. The molecule has 3 heteroatoms. The maximum absolute atomic E-state index is 5.63. The highest BCUT2D eigenvalue weighted by atomic mass is 14.9. The van der Waals surface area contributed by atoms with E-state index in [2.05, 4.69) is 23.8 Å². The van der Waals surface area contributed by atoms with Crippen molar-refractivity contribution in [1.82, 2.24) is 9.97 Å². The summed E-state index contributed by atoms with van der Waals surface area (Å²) in [5.41, 5.74) is 8.90. The van der Waals surface area contributed by atoms with Crippen molar-refractivity contribution < 1.29 is 0 Å². The minimum atomic E-state index is 0.475. The lowest BCUT2D eigenvalue weighted by Gasteiger charge is -2.01. The van der Waals surface area contributed by atoms with Gasteiger partial charge in [-0.05, 0) is 23.6 Å². The Labute approximate surface area is 77.0 Å². The first-order valence-corrected chi connectivity index (χ1v) is 4.42. The molecular weight excluding hydrogens is 162 g/mol. The zero-order valence-electron chi connectivity index (χ0n) is 7.83. The average Bonchev–Trinajstić information content (AvgIpc) is 2.46. The number of nitrogens with one attached hydrogen (secondary N) is 1. The van der Waals surface area contributed by atoms with Crippen LogP contribution in [0.5, 0.6) is 0 Å². The lowest BCUT2D eigenvalue weighted by Crippen LogP contribution is -1.91. The van der Waals surface area contributed by atoms with Gasteiger partial charge in [0.2, 0.25) is 0 Å². The van der Waals surface area contributed by atoms with Crippen LogP contribution in [0.25, 0.3) is 11.0 Å². The molecule has 2 aromatic heterocycles. The van der Waals surface area contributed by atoms with E-state index in [0.29, 0.717) is 11.7 Å². The standard InChI is InChI=1S/C10H13N3/c1-6(2)7-5-12-8-3-4-9(11)13-10(7)8/h3-6,12H,1-2H3,(H2,11,13). The van der Waals surface area contributed by atoms with Gasteiger partial charge in [-0.15, -0.1) is 0 Å². The Morgan fingerprint density at radius 1 is 1.38 bits per heavy atom. The minimum absolute atomic E-state index is 0.475. The third-order valence-electron chi connectivity index (χ3n) is 2.20. The van der Waals surface area contributed by atoms with Gasteiger partial charge in [0.25, 0.3) is 0 Å². The van der Waals surface area contributed by atoms with Crippen molar-refractivity contribution in [3.63, 3.8) is 0 Å². The summed E-state index contributed by atoms with van der Waals surface area (Å²) in [6, 6.07) is 3.77. The molecule has 0 aliphatic carbocycles. The van der Waals surface area contributed by atoms with E-state index in [1.165, 1.54) is 5.56 Å². The van der Waals surface area contributed by atoms with Crippen molar-refractivity contribution in [3.8, 4) is 0 Å². The van der Waals surface area contributed by atoms with Crippen LogP contribution in [0.2, 0.25) is 0 Å². The molecule has 0 aliphatic rings. The number of hydrogen-bond donors (Lipinski definition) is 2. The van der Waals surface area contributed by atoms with Crippen molar-refractivity contribution in [2.24, 2.45) is 0 Å². The van der Waals surface area contributed by atoms with Gasteiger partial charge in [-0.1, -0.05) is 13.8 Å². The van der Waals surface area contributed by atoms with E-state index >= 15 is 0 Å². The first-order valence-electron chi connectivity index (χ1n) is 4.42. The number of nitrogen functional groups attached to an aromatic ring is 1. The van der Waals surface area contributed by atoms with Gasteiger partial charge >= 0.3 is 0 Å². The van der Waals surface area contributed by atoms with Gasteiger partial charge in [-0.2, -0.15) is 0 Å². The van der Waals surface area contributed by atoms with E-state index in [1.807, 2.05) is 18.3 Å². The Kier molecular flexibility index (Phi) is 1.72. The summed E-state index contributed by atoms with van der Waals surface area (Å²) < 4.78 is 0. The van der Waals surface area contributed by atoms with Crippen molar-refractivity contribution in [2.75, 3.05) is 5.73 Å². The van der Waals surface area contributed by atoms with Gasteiger partial charge < -0.3 is 10.7 Å². The lowest BCUT2D eigenvalue weighted by atomic mass is 10.1. The number of pyridine rings is 1. The number of anilines is 1. The Hall–Kier alpha value is -1.51. The average molecular weight is 175 g/mol. The van der Waals surface area contributed by atoms with Crippen LogP contribution in [-0.4, -0.2) is 9.97 Å². The number of nitrogens with zero attached hydrogens (tertiary/aromatic N) is 1. The summed E-state index contributed by atoms with van der Waals surface area (Å²) in [5, 5.41) is 0. The van der Waals surface area contributed by atoms with Crippen LogP contribution in [0.1, 0.15) is 25.3 Å². The second-order valence-corrected chi connectivity index (χ2v) is 3.53. The molecular formula is C10H13N3. The second kappa shape index (κ2) is 2.76. The molecule has 0 radical (unpaired) electrons. The SMILES string of the molecule is CC(C)c1c[nH]c2ccc(N)nc12. The van der Waals surface area contributed by atoms with Gasteiger partial charge in [0.1, 0.15) is 5.82 Å². The highest BCUT2D eigenvalue weighted by Crippen LogP contribution is 2.23. The number of nitrogens with two attached hydrogens (primary N) is 1. The van der Waals surface area contributed by atoms with Crippen LogP contribution >= 0.6 is 0 Å². The molecule has 2 aromatic rings. The molecule has 0 aliphatic heterocycles. The van der Waals surface area contributed by atoms with Gasteiger partial charge in [0.15, 0.2) is 0 Å². The molecule has 0 saturated carbocycles. The van der Waals surface area contributed by atoms with Crippen LogP contribution in [0, 0.1) is 0 Å². The first kappa shape index (κ1) is 8.10. The number of fused-ring (bicyclic) bond motifs is 1. The second-order valence-electron chi connectivity index (χ2n) is 3.53. The fourth-order valence-corrected chi connectivity index (χ4v) is 1.47. The molecule has 3 nitrogen and oxygen atoms in total. The summed E-state index contributed by atoms with van der Waals surface area (Å²) in [6.45, 7) is 4.29. The van der Waals surface area contributed by atoms with Gasteiger partial charge in [-0.25, -0.2) is 4.98 Å². The summed E-state index contributed by atoms with van der Waals surface area (Å²) >= 11 is 0. The van der Waals surface area contributed by atoms with Crippen LogP contribution < -0.4 is 5.73 Å². The van der Waals surface area contributed by atoms with Crippen LogP contribution in [0.4, 0.5) is 5.82 Å². The molecule has 0 aromatic carbocycles. The zero-order valence-corrected chi connectivity index (χ0v) is 7.83. The third kappa shape index (κ3) is 1.26.